The first kappa shape index (κ1) is 16.0. The summed E-state index contributed by atoms with van der Waals surface area (Å²) in [4.78, 5) is 21.9. The van der Waals surface area contributed by atoms with Crippen molar-refractivity contribution in [3.05, 3.63) is 30.1 Å². The summed E-state index contributed by atoms with van der Waals surface area (Å²) in [5, 5.41) is 0. The largest absolute Gasteiger partial charge is 0.381 e. The molecule has 1 aliphatic carbocycles. The Morgan fingerprint density at radius 1 is 1.29 bits per heavy atom. The zero-order chi connectivity index (χ0) is 16.5. The van der Waals surface area contributed by atoms with E-state index in [-0.39, 0.29) is 12.0 Å². The zero-order valence-electron chi connectivity index (χ0n) is 14.4. The lowest BCUT2D eigenvalue weighted by atomic mass is 9.88. The average Bonchev–Trinajstić information content (AvgIpc) is 3.31. The van der Waals surface area contributed by atoms with E-state index in [0.29, 0.717) is 18.4 Å². The highest BCUT2D eigenvalue weighted by Crippen LogP contribution is 2.36. The Hall–Kier alpha value is -1.46. The molecule has 0 aromatic carbocycles. The fourth-order valence-corrected chi connectivity index (χ4v) is 4.41. The molecule has 1 aromatic rings. The van der Waals surface area contributed by atoms with Gasteiger partial charge < -0.3 is 14.5 Å². The molecule has 1 amide bonds. The second kappa shape index (κ2) is 6.81. The van der Waals surface area contributed by atoms with E-state index in [9.17, 15) is 4.79 Å². The van der Waals surface area contributed by atoms with Gasteiger partial charge >= 0.3 is 0 Å². The molecule has 2 aliphatic heterocycles. The lowest BCUT2D eigenvalue weighted by Crippen LogP contribution is -2.54. The van der Waals surface area contributed by atoms with Crippen molar-refractivity contribution < 1.29 is 9.53 Å². The van der Waals surface area contributed by atoms with E-state index in [4.69, 9.17) is 4.74 Å². The first-order valence-electron chi connectivity index (χ1n) is 9.19. The van der Waals surface area contributed by atoms with E-state index in [1.165, 1.54) is 19.4 Å². The third-order valence-electron chi connectivity index (χ3n) is 5.84. The van der Waals surface area contributed by atoms with Gasteiger partial charge in [-0.1, -0.05) is 6.07 Å². The molecule has 0 N–H and O–H groups in total. The number of aromatic nitrogens is 1. The predicted octanol–water partition coefficient (Wildman–Crippen LogP) is 1.58. The van der Waals surface area contributed by atoms with Crippen LogP contribution in [-0.4, -0.2) is 66.1 Å². The molecule has 0 radical (unpaired) electrons. The van der Waals surface area contributed by atoms with Crippen molar-refractivity contribution in [2.24, 2.45) is 11.8 Å². The maximum Gasteiger partial charge on any atom is 0.228 e. The molecule has 24 heavy (non-hydrogen) atoms. The maximum atomic E-state index is 12.9. The van der Waals surface area contributed by atoms with Crippen LogP contribution in [0.4, 0.5) is 0 Å². The van der Waals surface area contributed by atoms with Gasteiger partial charge in [-0.05, 0) is 37.3 Å². The van der Waals surface area contributed by atoms with Gasteiger partial charge in [0.2, 0.25) is 5.91 Å². The number of methoxy groups -OCH3 is 1. The number of hydrogen-bond donors (Lipinski definition) is 0. The van der Waals surface area contributed by atoms with Gasteiger partial charge in [-0.2, -0.15) is 0 Å². The number of carbonyl (C=O) groups is 1. The minimum absolute atomic E-state index is 0.214. The van der Waals surface area contributed by atoms with Crippen LogP contribution in [0.5, 0.6) is 0 Å². The van der Waals surface area contributed by atoms with Crippen LogP contribution >= 0.6 is 0 Å². The molecule has 130 valence electrons. The topological polar surface area (TPSA) is 45.7 Å². The van der Waals surface area contributed by atoms with E-state index in [1.54, 1.807) is 6.20 Å². The average molecular weight is 329 g/mol. The van der Waals surface area contributed by atoms with Gasteiger partial charge in [0.05, 0.1) is 18.6 Å². The van der Waals surface area contributed by atoms with Gasteiger partial charge in [-0.3, -0.25) is 9.78 Å². The van der Waals surface area contributed by atoms with Gasteiger partial charge in [0, 0.05) is 51.1 Å². The van der Waals surface area contributed by atoms with Crippen LogP contribution in [0, 0.1) is 11.8 Å². The fourth-order valence-electron chi connectivity index (χ4n) is 4.41. The number of carbonyl (C=O) groups excluding carboxylic acids is 1. The molecule has 4 rings (SSSR count). The molecule has 2 saturated heterocycles. The van der Waals surface area contributed by atoms with Gasteiger partial charge in [0.25, 0.3) is 0 Å². The number of amides is 1. The number of hydrogen-bond acceptors (Lipinski definition) is 4. The molecule has 5 nitrogen and oxygen atoms in total. The van der Waals surface area contributed by atoms with Crippen molar-refractivity contribution >= 4 is 5.91 Å². The molecule has 3 aliphatic rings. The molecule has 0 bridgehead atoms. The summed E-state index contributed by atoms with van der Waals surface area (Å²) in [6, 6.07) is 6.08. The first-order chi connectivity index (χ1) is 11.7. The van der Waals surface area contributed by atoms with Crippen LogP contribution in [0.25, 0.3) is 0 Å². The lowest BCUT2D eigenvalue weighted by molar-refractivity contribution is -0.138. The highest BCUT2D eigenvalue weighted by molar-refractivity contribution is 5.79. The summed E-state index contributed by atoms with van der Waals surface area (Å²) in [6.07, 6.45) is 6.16. The van der Waals surface area contributed by atoms with Crippen LogP contribution in [-0.2, 0) is 16.0 Å². The minimum atomic E-state index is 0.214. The van der Waals surface area contributed by atoms with Crippen molar-refractivity contribution in [3.8, 4) is 0 Å². The fraction of sp³-hybridized carbons (Fsp3) is 0.684. The highest BCUT2D eigenvalue weighted by Gasteiger charge is 2.46. The van der Waals surface area contributed by atoms with Crippen molar-refractivity contribution in [3.63, 3.8) is 0 Å². The van der Waals surface area contributed by atoms with Crippen molar-refractivity contribution in [1.82, 2.24) is 14.8 Å². The molecular formula is C19H27N3O2. The summed E-state index contributed by atoms with van der Waals surface area (Å²) in [7, 11) is 1.82. The summed E-state index contributed by atoms with van der Waals surface area (Å²) < 4.78 is 5.74. The maximum absolute atomic E-state index is 12.9. The van der Waals surface area contributed by atoms with Crippen LogP contribution in [0.3, 0.4) is 0 Å². The first-order valence-corrected chi connectivity index (χ1v) is 9.19. The van der Waals surface area contributed by atoms with Gasteiger partial charge in [-0.15, -0.1) is 0 Å². The van der Waals surface area contributed by atoms with Crippen LogP contribution in [0.2, 0.25) is 0 Å². The molecule has 1 aromatic heterocycles. The monoisotopic (exact) mass is 329 g/mol. The number of likely N-dealkylation sites (tertiary alicyclic amines) is 2. The number of nitrogens with zero attached hydrogens (tertiary/aromatic N) is 3. The van der Waals surface area contributed by atoms with E-state index in [1.807, 2.05) is 25.3 Å². The Morgan fingerprint density at radius 2 is 2.17 bits per heavy atom. The third kappa shape index (κ3) is 3.33. The summed E-state index contributed by atoms with van der Waals surface area (Å²) in [5.41, 5.74) is 0.862. The van der Waals surface area contributed by atoms with Crippen LogP contribution in [0.1, 0.15) is 25.0 Å². The molecular weight excluding hydrogens is 302 g/mol. The Morgan fingerprint density at radius 3 is 2.88 bits per heavy atom. The SMILES string of the molecule is CO[C@@H]1CCN(C(=O)Cc2ccccn2)[C@H]2CN(CC3CC3)C[C@@H]12. The summed E-state index contributed by atoms with van der Waals surface area (Å²) >= 11 is 0. The van der Waals surface area contributed by atoms with Gasteiger partial charge in [0.1, 0.15) is 0 Å². The number of ether oxygens (including phenoxy) is 1. The molecule has 3 fully saturated rings. The smallest absolute Gasteiger partial charge is 0.228 e. The van der Waals surface area contributed by atoms with E-state index in [0.717, 1.165) is 37.7 Å². The number of fused-ring (bicyclic) bond motifs is 1. The Labute approximate surface area is 144 Å². The number of rotatable bonds is 5. The van der Waals surface area contributed by atoms with E-state index < -0.39 is 0 Å². The summed E-state index contributed by atoms with van der Waals surface area (Å²) in [6.45, 7) is 4.09. The number of piperidine rings is 1. The highest BCUT2D eigenvalue weighted by atomic mass is 16.5. The second-order valence-electron chi connectivity index (χ2n) is 7.54. The molecule has 0 spiro atoms. The second-order valence-corrected chi connectivity index (χ2v) is 7.54. The minimum Gasteiger partial charge on any atom is -0.381 e. The summed E-state index contributed by atoms with van der Waals surface area (Å²) in [5.74, 6) is 1.56. The molecule has 3 atom stereocenters. The number of pyridine rings is 1. The molecule has 3 heterocycles. The Balaban J connectivity index is 1.45. The third-order valence-corrected chi connectivity index (χ3v) is 5.84. The van der Waals surface area contributed by atoms with E-state index in [2.05, 4.69) is 14.8 Å². The van der Waals surface area contributed by atoms with Crippen LogP contribution < -0.4 is 0 Å². The van der Waals surface area contributed by atoms with Crippen LogP contribution in [0.15, 0.2) is 24.4 Å². The normalized spacial score (nSPS) is 30.4. The lowest BCUT2D eigenvalue weighted by Gasteiger charge is -2.41. The van der Waals surface area contributed by atoms with Gasteiger partial charge in [-0.25, -0.2) is 0 Å². The van der Waals surface area contributed by atoms with Crippen molar-refractivity contribution in [2.45, 2.75) is 37.8 Å². The van der Waals surface area contributed by atoms with Gasteiger partial charge in [0.15, 0.2) is 0 Å². The standard InChI is InChI=1S/C19H27N3O2/c1-24-18-7-9-22(19(23)10-15-4-2-3-8-20-15)17-13-21(12-16(17)18)11-14-5-6-14/h2-4,8,14,16-18H,5-7,9-13H2,1H3/t16-,17+,18-/m1/s1. The van der Waals surface area contributed by atoms with Crippen molar-refractivity contribution in [2.75, 3.05) is 33.3 Å². The quantitative estimate of drug-likeness (QED) is 0.823. The Bertz CT molecular complexity index is 575. The molecule has 0 unspecified atom stereocenters. The Kier molecular flexibility index (Phi) is 4.55. The zero-order valence-corrected chi connectivity index (χ0v) is 14.4. The predicted molar refractivity (Wildman–Crippen MR) is 91.5 cm³/mol. The van der Waals surface area contributed by atoms with E-state index >= 15 is 0 Å². The molecule has 1 saturated carbocycles. The van der Waals surface area contributed by atoms with Crippen molar-refractivity contribution in [1.29, 1.82) is 0 Å². The molecule has 5 heteroatoms.